The Balaban J connectivity index is 1.73. The highest BCUT2D eigenvalue weighted by atomic mass is 19.1. The third kappa shape index (κ3) is 3.19. The summed E-state index contributed by atoms with van der Waals surface area (Å²) in [6, 6.07) is 3.12. The number of benzene rings is 1. The summed E-state index contributed by atoms with van der Waals surface area (Å²) < 4.78 is 32.8. The van der Waals surface area contributed by atoms with Crippen LogP contribution in [0.5, 0.6) is 0 Å². The lowest BCUT2D eigenvalue weighted by atomic mass is 10.1. The Morgan fingerprint density at radius 2 is 2.00 bits per heavy atom. The van der Waals surface area contributed by atoms with Crippen molar-refractivity contribution in [2.45, 2.75) is 24.8 Å². The van der Waals surface area contributed by atoms with Gasteiger partial charge in [-0.15, -0.1) is 0 Å². The molecule has 2 aliphatic rings. The van der Waals surface area contributed by atoms with Gasteiger partial charge in [-0.2, -0.15) is 0 Å². The average molecular weight is 325 g/mol. The molecular formula is C16H17F2NO4. The van der Waals surface area contributed by atoms with Gasteiger partial charge < -0.3 is 14.7 Å². The Hall–Kier alpha value is -2.02. The van der Waals surface area contributed by atoms with Gasteiger partial charge in [-0.25, -0.2) is 8.78 Å². The van der Waals surface area contributed by atoms with Crippen LogP contribution in [0, 0.1) is 17.6 Å². The molecule has 3 unspecified atom stereocenters. The highest BCUT2D eigenvalue weighted by Gasteiger charge is 2.49. The molecule has 1 aliphatic heterocycles. The summed E-state index contributed by atoms with van der Waals surface area (Å²) in [5.74, 6) is -3.51. The second-order valence-corrected chi connectivity index (χ2v) is 5.94. The number of hydrogen-bond donors (Lipinski definition) is 1. The zero-order valence-electron chi connectivity index (χ0n) is 12.4. The zero-order valence-corrected chi connectivity index (χ0v) is 12.4. The summed E-state index contributed by atoms with van der Waals surface area (Å²) in [6.45, 7) is 0.816. The maximum Gasteiger partial charge on any atom is 0.305 e. The van der Waals surface area contributed by atoms with E-state index in [1.54, 1.807) is 0 Å². The number of morpholine rings is 1. The van der Waals surface area contributed by atoms with Crippen molar-refractivity contribution < 1.29 is 28.2 Å². The van der Waals surface area contributed by atoms with Crippen LogP contribution < -0.4 is 0 Å². The fraction of sp³-hybridized carbons (Fsp3) is 0.500. The summed E-state index contributed by atoms with van der Waals surface area (Å²) in [7, 11) is 0. The molecule has 1 saturated heterocycles. The molecule has 1 aliphatic carbocycles. The molecule has 1 saturated carbocycles. The van der Waals surface area contributed by atoms with Gasteiger partial charge in [-0.1, -0.05) is 6.07 Å². The second kappa shape index (κ2) is 6.23. The number of hydrogen-bond acceptors (Lipinski definition) is 3. The number of halogens is 2. The molecule has 0 radical (unpaired) electrons. The number of carboxylic acid groups (broad SMARTS) is 1. The van der Waals surface area contributed by atoms with E-state index in [1.807, 2.05) is 0 Å². The Kier molecular flexibility index (Phi) is 4.30. The van der Waals surface area contributed by atoms with Crippen molar-refractivity contribution in [3.8, 4) is 0 Å². The van der Waals surface area contributed by atoms with Crippen LogP contribution in [0.3, 0.4) is 0 Å². The van der Waals surface area contributed by atoms with E-state index in [2.05, 4.69) is 0 Å². The highest BCUT2D eigenvalue weighted by molar-refractivity contribution is 5.84. The van der Waals surface area contributed by atoms with Crippen molar-refractivity contribution in [1.29, 1.82) is 0 Å². The van der Waals surface area contributed by atoms with Gasteiger partial charge in [0.05, 0.1) is 25.7 Å². The molecule has 3 rings (SSSR count). The van der Waals surface area contributed by atoms with Gasteiger partial charge in [0.1, 0.15) is 11.6 Å². The standard InChI is InChI=1S/C16H17F2NO4/c17-12-2-1-3-13(18)15(12)10-7-11(10)16(22)19-4-5-23-8-9(19)6-14(20)21/h1-3,9-11H,4-8H2,(H,20,21). The van der Waals surface area contributed by atoms with E-state index < -0.39 is 35.5 Å². The molecule has 0 aromatic heterocycles. The Labute approximate surface area is 131 Å². The van der Waals surface area contributed by atoms with Crippen LogP contribution in [0.4, 0.5) is 8.78 Å². The lowest BCUT2D eigenvalue weighted by molar-refractivity contribution is -0.147. The van der Waals surface area contributed by atoms with E-state index in [4.69, 9.17) is 9.84 Å². The minimum absolute atomic E-state index is 0.0473. The van der Waals surface area contributed by atoms with Crippen LogP contribution >= 0.6 is 0 Å². The summed E-state index contributed by atoms with van der Waals surface area (Å²) in [6.07, 6.45) is 0.186. The van der Waals surface area contributed by atoms with E-state index in [0.717, 1.165) is 0 Å². The summed E-state index contributed by atoms with van der Waals surface area (Å²) in [5.41, 5.74) is -0.0473. The van der Waals surface area contributed by atoms with Crippen LogP contribution in [-0.4, -0.2) is 47.7 Å². The number of carbonyl (C=O) groups excluding carboxylic acids is 1. The molecule has 124 valence electrons. The maximum absolute atomic E-state index is 13.8. The molecular weight excluding hydrogens is 308 g/mol. The molecule has 1 aromatic rings. The minimum atomic E-state index is -1.01. The molecule has 2 fully saturated rings. The van der Waals surface area contributed by atoms with Gasteiger partial charge in [0.25, 0.3) is 0 Å². The lowest BCUT2D eigenvalue weighted by Crippen LogP contribution is -2.50. The number of ether oxygens (including phenoxy) is 1. The number of carboxylic acids is 1. The summed E-state index contributed by atoms with van der Waals surface area (Å²) in [5, 5.41) is 8.93. The maximum atomic E-state index is 13.8. The Bertz CT molecular complexity index is 616. The van der Waals surface area contributed by atoms with Gasteiger partial charge in [-0.3, -0.25) is 9.59 Å². The van der Waals surface area contributed by atoms with Gasteiger partial charge in [0.2, 0.25) is 5.91 Å². The molecule has 1 amide bonds. The van der Waals surface area contributed by atoms with Crippen LogP contribution in [0.1, 0.15) is 24.3 Å². The third-order valence-corrected chi connectivity index (χ3v) is 4.40. The first-order valence-electron chi connectivity index (χ1n) is 7.53. The highest BCUT2D eigenvalue weighted by Crippen LogP contribution is 2.50. The fourth-order valence-corrected chi connectivity index (χ4v) is 3.18. The number of nitrogens with zero attached hydrogens (tertiary/aromatic N) is 1. The molecule has 1 N–H and O–H groups in total. The fourth-order valence-electron chi connectivity index (χ4n) is 3.18. The summed E-state index contributed by atoms with van der Waals surface area (Å²) in [4.78, 5) is 25.0. The first-order valence-corrected chi connectivity index (χ1v) is 7.53. The minimum Gasteiger partial charge on any atom is -0.481 e. The van der Waals surface area contributed by atoms with E-state index in [0.29, 0.717) is 19.6 Å². The first-order chi connectivity index (χ1) is 11.0. The molecule has 1 heterocycles. The smallest absolute Gasteiger partial charge is 0.305 e. The zero-order chi connectivity index (χ0) is 16.6. The second-order valence-electron chi connectivity index (χ2n) is 5.94. The van der Waals surface area contributed by atoms with Crippen molar-refractivity contribution in [3.63, 3.8) is 0 Å². The molecule has 0 spiro atoms. The molecule has 7 heteroatoms. The van der Waals surface area contributed by atoms with E-state index in [9.17, 15) is 18.4 Å². The number of carbonyl (C=O) groups is 2. The van der Waals surface area contributed by atoms with Crippen molar-refractivity contribution >= 4 is 11.9 Å². The van der Waals surface area contributed by atoms with Crippen molar-refractivity contribution in [3.05, 3.63) is 35.4 Å². The van der Waals surface area contributed by atoms with E-state index in [-0.39, 0.29) is 24.5 Å². The van der Waals surface area contributed by atoms with E-state index >= 15 is 0 Å². The molecule has 5 nitrogen and oxygen atoms in total. The molecule has 0 bridgehead atoms. The molecule has 1 aromatic carbocycles. The first kappa shape index (κ1) is 15.9. The Morgan fingerprint density at radius 1 is 1.30 bits per heavy atom. The number of aliphatic carboxylic acids is 1. The molecule has 3 atom stereocenters. The van der Waals surface area contributed by atoms with Crippen LogP contribution in [0.15, 0.2) is 18.2 Å². The number of amides is 1. The van der Waals surface area contributed by atoms with E-state index in [1.165, 1.54) is 23.1 Å². The number of rotatable bonds is 4. The van der Waals surface area contributed by atoms with Crippen LogP contribution in [0.25, 0.3) is 0 Å². The van der Waals surface area contributed by atoms with Crippen LogP contribution in [0.2, 0.25) is 0 Å². The van der Waals surface area contributed by atoms with Gasteiger partial charge in [-0.05, 0) is 18.6 Å². The van der Waals surface area contributed by atoms with Crippen LogP contribution in [-0.2, 0) is 14.3 Å². The quantitative estimate of drug-likeness (QED) is 0.916. The predicted molar refractivity (Wildman–Crippen MR) is 75.8 cm³/mol. The van der Waals surface area contributed by atoms with Gasteiger partial charge in [0, 0.05) is 23.9 Å². The SMILES string of the molecule is O=C(O)CC1COCCN1C(=O)C1CC1c1c(F)cccc1F. The van der Waals surface area contributed by atoms with Crippen molar-refractivity contribution in [2.24, 2.45) is 5.92 Å². The monoisotopic (exact) mass is 325 g/mol. The predicted octanol–water partition coefficient (Wildman–Crippen LogP) is 1.77. The third-order valence-electron chi connectivity index (χ3n) is 4.40. The van der Waals surface area contributed by atoms with Gasteiger partial charge in [0.15, 0.2) is 0 Å². The largest absolute Gasteiger partial charge is 0.481 e. The summed E-state index contributed by atoms with van der Waals surface area (Å²) >= 11 is 0. The molecule has 23 heavy (non-hydrogen) atoms. The topological polar surface area (TPSA) is 66.8 Å². The van der Waals surface area contributed by atoms with Crippen molar-refractivity contribution in [1.82, 2.24) is 4.90 Å². The lowest BCUT2D eigenvalue weighted by Gasteiger charge is -2.35. The Morgan fingerprint density at radius 3 is 2.65 bits per heavy atom. The normalized spacial score (nSPS) is 26.9. The van der Waals surface area contributed by atoms with Crippen molar-refractivity contribution in [2.75, 3.05) is 19.8 Å². The average Bonchev–Trinajstić information content (AvgIpc) is 3.26. The van der Waals surface area contributed by atoms with Gasteiger partial charge >= 0.3 is 5.97 Å².